The van der Waals surface area contributed by atoms with Crippen LogP contribution < -0.4 is 0 Å². The number of hydrogen-bond donors (Lipinski definition) is 0. The molecule has 0 fully saturated rings. The predicted octanol–water partition coefficient (Wildman–Crippen LogP) is 15.4. The van der Waals surface area contributed by atoms with Gasteiger partial charge in [0, 0.05) is 54.6 Å². The molecule has 0 saturated carbocycles. The Morgan fingerprint density at radius 1 is 0.277 bits per heavy atom. The Balaban J connectivity index is 1.03. The van der Waals surface area contributed by atoms with E-state index in [1.807, 2.05) is 0 Å². The summed E-state index contributed by atoms with van der Waals surface area (Å²) in [6.07, 6.45) is 0. The summed E-state index contributed by atoms with van der Waals surface area (Å²) in [5, 5.41) is 10.7. The molecule has 0 aliphatic carbocycles. The topological polar surface area (TPSA) is 40.6 Å². The SMILES string of the molecule is c1ccc(-n2c3ccccc3c3ccc(-c4nc(-n5c6ccccc6c6ccc(-c7cc8c(c9ccccc79)c7ccccc7n8-c7ccccc7)cc65)nc5ccccc45)cc32)cc1. The molecule has 10 aromatic carbocycles. The Morgan fingerprint density at radius 2 is 0.738 bits per heavy atom. The van der Waals surface area contributed by atoms with Crippen LogP contribution in [0.25, 0.3) is 127 Å². The molecule has 4 aromatic heterocycles. The van der Waals surface area contributed by atoms with Gasteiger partial charge in [0.25, 0.3) is 0 Å². The molecule has 5 heteroatoms. The molecule has 5 nitrogen and oxygen atoms in total. The molecule has 0 unspecified atom stereocenters. The van der Waals surface area contributed by atoms with Gasteiger partial charge < -0.3 is 9.13 Å². The summed E-state index contributed by atoms with van der Waals surface area (Å²) >= 11 is 0. The highest BCUT2D eigenvalue weighted by molar-refractivity contribution is 6.24. The van der Waals surface area contributed by atoms with Crippen LogP contribution in [0.3, 0.4) is 0 Å². The highest BCUT2D eigenvalue weighted by Gasteiger charge is 2.22. The third-order valence-electron chi connectivity index (χ3n) is 13.4. The Kier molecular flexibility index (Phi) is 7.62. The van der Waals surface area contributed by atoms with Crippen molar-refractivity contribution >= 4 is 87.1 Å². The maximum absolute atomic E-state index is 5.58. The first-order valence-electron chi connectivity index (χ1n) is 22.2. The molecule has 0 saturated heterocycles. The van der Waals surface area contributed by atoms with Crippen LogP contribution in [0, 0.1) is 0 Å². The number of aromatic nitrogens is 5. The normalized spacial score (nSPS) is 12.0. The van der Waals surface area contributed by atoms with Crippen LogP contribution in [0.4, 0.5) is 0 Å². The zero-order valence-corrected chi connectivity index (χ0v) is 35.1. The Labute approximate surface area is 373 Å². The molecule has 14 rings (SSSR count). The van der Waals surface area contributed by atoms with E-state index in [0.29, 0.717) is 5.95 Å². The van der Waals surface area contributed by atoms with Crippen molar-refractivity contribution < 1.29 is 0 Å². The van der Waals surface area contributed by atoms with Gasteiger partial charge in [-0.15, -0.1) is 0 Å². The monoisotopic (exact) mass is 827 g/mol. The van der Waals surface area contributed by atoms with Crippen molar-refractivity contribution in [3.63, 3.8) is 0 Å². The highest BCUT2D eigenvalue weighted by atomic mass is 15.2. The molecule has 0 atom stereocenters. The average Bonchev–Trinajstić information content (AvgIpc) is 4.01. The molecule has 14 aromatic rings. The van der Waals surface area contributed by atoms with Crippen LogP contribution >= 0.6 is 0 Å². The van der Waals surface area contributed by atoms with Crippen LogP contribution in [0.15, 0.2) is 224 Å². The van der Waals surface area contributed by atoms with E-state index in [2.05, 4.69) is 238 Å². The summed E-state index contributed by atoms with van der Waals surface area (Å²) in [5.74, 6) is 0.635. The van der Waals surface area contributed by atoms with E-state index >= 15 is 0 Å². The average molecular weight is 828 g/mol. The summed E-state index contributed by atoms with van der Waals surface area (Å²) in [4.78, 5) is 11.0. The van der Waals surface area contributed by atoms with E-state index in [-0.39, 0.29) is 0 Å². The fraction of sp³-hybridized carbons (Fsp3) is 0. The minimum absolute atomic E-state index is 0.635. The van der Waals surface area contributed by atoms with Crippen molar-refractivity contribution in [2.24, 2.45) is 0 Å². The van der Waals surface area contributed by atoms with Gasteiger partial charge in [0.1, 0.15) is 0 Å². The molecule has 4 heterocycles. The number of benzene rings is 10. The number of hydrogen-bond acceptors (Lipinski definition) is 2. The van der Waals surface area contributed by atoms with Gasteiger partial charge in [0.2, 0.25) is 5.95 Å². The van der Waals surface area contributed by atoms with Crippen molar-refractivity contribution in [3.8, 4) is 39.7 Å². The number of rotatable bonds is 5. The van der Waals surface area contributed by atoms with E-state index in [1.54, 1.807) is 0 Å². The fourth-order valence-electron chi connectivity index (χ4n) is 10.6. The van der Waals surface area contributed by atoms with Gasteiger partial charge in [-0.1, -0.05) is 158 Å². The number of nitrogens with zero attached hydrogens (tertiary/aromatic N) is 5. The summed E-state index contributed by atoms with van der Waals surface area (Å²) in [6, 6.07) is 80.8. The maximum atomic E-state index is 5.58. The summed E-state index contributed by atoms with van der Waals surface area (Å²) in [6.45, 7) is 0. The minimum atomic E-state index is 0.635. The van der Waals surface area contributed by atoms with Crippen molar-refractivity contribution in [1.29, 1.82) is 0 Å². The van der Waals surface area contributed by atoms with Crippen LogP contribution in [-0.4, -0.2) is 23.7 Å². The largest absolute Gasteiger partial charge is 0.309 e. The lowest BCUT2D eigenvalue weighted by molar-refractivity contribution is 1.01. The second-order valence-electron chi connectivity index (χ2n) is 16.9. The number of fused-ring (bicyclic) bond motifs is 12. The number of para-hydroxylation sites is 6. The van der Waals surface area contributed by atoms with Crippen LogP contribution in [0.1, 0.15) is 0 Å². The van der Waals surface area contributed by atoms with E-state index in [1.165, 1.54) is 54.4 Å². The molecular formula is C60H37N5. The summed E-state index contributed by atoms with van der Waals surface area (Å²) in [7, 11) is 0. The lowest BCUT2D eigenvalue weighted by Crippen LogP contribution is -2.03. The Bertz CT molecular complexity index is 4230. The van der Waals surface area contributed by atoms with Gasteiger partial charge in [-0.2, -0.15) is 0 Å². The molecule has 0 aliphatic heterocycles. The Hall–Kier alpha value is -8.80. The van der Waals surface area contributed by atoms with Crippen molar-refractivity contribution in [3.05, 3.63) is 224 Å². The Morgan fingerprint density at radius 3 is 1.42 bits per heavy atom. The summed E-state index contributed by atoms with van der Waals surface area (Å²) in [5.41, 5.74) is 14.2. The van der Waals surface area contributed by atoms with Gasteiger partial charge in [-0.25, -0.2) is 9.97 Å². The van der Waals surface area contributed by atoms with E-state index in [0.717, 1.165) is 66.4 Å². The smallest absolute Gasteiger partial charge is 0.235 e. The maximum Gasteiger partial charge on any atom is 0.235 e. The van der Waals surface area contributed by atoms with Gasteiger partial charge in [0.15, 0.2) is 0 Å². The summed E-state index contributed by atoms with van der Waals surface area (Å²) < 4.78 is 7.05. The third-order valence-corrected chi connectivity index (χ3v) is 13.4. The van der Waals surface area contributed by atoms with E-state index < -0.39 is 0 Å². The van der Waals surface area contributed by atoms with Crippen molar-refractivity contribution in [2.75, 3.05) is 0 Å². The second-order valence-corrected chi connectivity index (χ2v) is 16.9. The zero-order chi connectivity index (χ0) is 42.6. The van der Waals surface area contributed by atoms with Gasteiger partial charge in [-0.05, 0) is 88.6 Å². The van der Waals surface area contributed by atoms with Crippen LogP contribution in [-0.2, 0) is 0 Å². The minimum Gasteiger partial charge on any atom is -0.309 e. The molecule has 0 spiro atoms. The standard InChI is InChI=1S/C60H37N5/c1-3-17-40(18-4-1)63-52-28-14-10-22-43(52)45-34-32-39(36-55(45)63)59-48-25-9-13-27-51(48)61-60(62-59)65-53-29-15-11-23-44(53)46-33-31-38(35-56(46)65)50-37-57-58(47-24-8-7-21-42(47)50)49-26-12-16-30-54(49)64(57)41-19-5-2-6-20-41/h1-37H. The second kappa shape index (κ2) is 13.9. The molecule has 65 heavy (non-hydrogen) atoms. The molecule has 0 N–H and O–H groups in total. The quantitative estimate of drug-likeness (QED) is 0.173. The van der Waals surface area contributed by atoms with Crippen molar-refractivity contribution in [1.82, 2.24) is 23.7 Å². The molecule has 0 bridgehead atoms. The van der Waals surface area contributed by atoms with Crippen LogP contribution in [0.5, 0.6) is 0 Å². The fourth-order valence-corrected chi connectivity index (χ4v) is 10.6. The lowest BCUT2D eigenvalue weighted by atomic mass is 9.94. The molecule has 302 valence electrons. The zero-order valence-electron chi connectivity index (χ0n) is 35.1. The van der Waals surface area contributed by atoms with E-state index in [4.69, 9.17) is 9.97 Å². The first-order chi connectivity index (χ1) is 32.3. The first kappa shape index (κ1) is 35.8. The third kappa shape index (κ3) is 5.27. The molecule has 0 aliphatic rings. The first-order valence-corrected chi connectivity index (χ1v) is 22.2. The van der Waals surface area contributed by atoms with E-state index in [9.17, 15) is 0 Å². The van der Waals surface area contributed by atoms with Gasteiger partial charge in [-0.3, -0.25) is 4.57 Å². The molecular weight excluding hydrogens is 791 g/mol. The van der Waals surface area contributed by atoms with Crippen LogP contribution in [0.2, 0.25) is 0 Å². The van der Waals surface area contributed by atoms with Gasteiger partial charge in [0.05, 0.1) is 44.3 Å². The lowest BCUT2D eigenvalue weighted by Gasteiger charge is -2.14. The molecule has 0 radical (unpaired) electrons. The predicted molar refractivity (Wildman–Crippen MR) is 271 cm³/mol. The highest BCUT2D eigenvalue weighted by Crippen LogP contribution is 2.43. The molecule has 0 amide bonds. The van der Waals surface area contributed by atoms with Crippen molar-refractivity contribution in [2.45, 2.75) is 0 Å². The van der Waals surface area contributed by atoms with Gasteiger partial charge >= 0.3 is 0 Å².